The Morgan fingerprint density at radius 2 is 2.00 bits per heavy atom. The molecule has 0 unspecified atom stereocenters. The Hall–Kier alpha value is -1.81. The number of rotatable bonds is 4. The lowest BCUT2D eigenvalue weighted by atomic mass is 10.0. The van der Waals surface area contributed by atoms with Crippen molar-refractivity contribution in [1.82, 2.24) is 18.9 Å². The Morgan fingerprint density at radius 3 is 2.67 bits per heavy atom. The van der Waals surface area contributed by atoms with Crippen molar-refractivity contribution in [3.05, 3.63) is 23.8 Å². The van der Waals surface area contributed by atoms with Crippen molar-refractivity contribution < 1.29 is 17.2 Å². The van der Waals surface area contributed by atoms with Crippen molar-refractivity contribution in [3.63, 3.8) is 0 Å². The summed E-state index contributed by atoms with van der Waals surface area (Å²) in [5.41, 5.74) is 1.14. The second-order valence-corrected chi connectivity index (χ2v) is 9.44. The fraction of sp³-hybridized carbons (Fsp3) is 0.647. The summed E-state index contributed by atoms with van der Waals surface area (Å²) < 4.78 is 54.6. The van der Waals surface area contributed by atoms with E-state index in [-0.39, 0.29) is 30.8 Å². The molecule has 0 bridgehead atoms. The molecule has 1 N–H and O–H groups in total. The number of halogens is 2. The van der Waals surface area contributed by atoms with Gasteiger partial charge in [-0.05, 0) is 25.3 Å². The van der Waals surface area contributed by atoms with Crippen molar-refractivity contribution in [3.8, 4) is 0 Å². The van der Waals surface area contributed by atoms with Gasteiger partial charge in [-0.25, -0.2) is 26.7 Å². The number of anilines is 1. The lowest BCUT2D eigenvalue weighted by Gasteiger charge is -2.33. The Balaban J connectivity index is 1.55. The summed E-state index contributed by atoms with van der Waals surface area (Å²) in [5, 5.41) is 7.35. The molecular weight excluding hydrogens is 376 g/mol. The van der Waals surface area contributed by atoms with Gasteiger partial charge in [-0.15, -0.1) is 5.10 Å². The Kier molecular flexibility index (Phi) is 4.79. The van der Waals surface area contributed by atoms with E-state index in [4.69, 9.17) is 0 Å². The van der Waals surface area contributed by atoms with E-state index in [0.717, 1.165) is 41.9 Å². The number of hydrogen-bond acceptors (Lipinski definition) is 5. The average Bonchev–Trinajstić information content (AvgIpc) is 3.24. The predicted molar refractivity (Wildman–Crippen MR) is 97.5 cm³/mol. The second-order valence-electron chi connectivity index (χ2n) is 7.45. The van der Waals surface area contributed by atoms with Crippen molar-refractivity contribution >= 4 is 21.5 Å². The highest BCUT2D eigenvalue weighted by atomic mass is 32.2. The van der Waals surface area contributed by atoms with Crippen LogP contribution in [0, 0.1) is 5.82 Å². The van der Waals surface area contributed by atoms with Crippen LogP contribution in [0.1, 0.15) is 43.7 Å². The molecule has 2 atom stereocenters. The molecule has 1 aliphatic heterocycles. The highest BCUT2D eigenvalue weighted by Gasteiger charge is 2.33. The third-order valence-corrected chi connectivity index (χ3v) is 6.83. The van der Waals surface area contributed by atoms with Gasteiger partial charge in [0.2, 0.25) is 16.0 Å². The molecule has 0 radical (unpaired) electrons. The molecule has 0 spiro atoms. The van der Waals surface area contributed by atoms with E-state index in [1.807, 2.05) is 0 Å². The Morgan fingerprint density at radius 1 is 1.26 bits per heavy atom. The van der Waals surface area contributed by atoms with Crippen molar-refractivity contribution in [2.24, 2.45) is 0 Å². The molecule has 0 aromatic carbocycles. The lowest BCUT2D eigenvalue weighted by Crippen LogP contribution is -2.49. The Bertz CT molecular complexity index is 942. The Labute approximate surface area is 156 Å². The third-order valence-electron chi connectivity index (χ3n) is 5.56. The van der Waals surface area contributed by atoms with E-state index < -0.39 is 22.2 Å². The standard InChI is InChI=1S/C17H23F2N5O2S/c1-27(25,26)23-7-6-14(13(19)10-23)21-17-20-9-16-12(18)8-15(24(16)22-17)11-4-2-3-5-11/h8-9,11,13-14H,2-7,10H2,1H3,(H,21,22)/t13-,14-/m1/s1. The summed E-state index contributed by atoms with van der Waals surface area (Å²) in [6.45, 7) is 0.0504. The molecule has 2 fully saturated rings. The molecule has 1 saturated heterocycles. The molecule has 0 amide bonds. The van der Waals surface area contributed by atoms with Crippen LogP contribution < -0.4 is 5.32 Å². The normalized spacial score (nSPS) is 25.3. The van der Waals surface area contributed by atoms with Crippen LogP contribution >= 0.6 is 0 Å². The van der Waals surface area contributed by atoms with Gasteiger partial charge < -0.3 is 5.32 Å². The molecule has 148 valence electrons. The zero-order valence-corrected chi connectivity index (χ0v) is 15.9. The van der Waals surface area contributed by atoms with Crippen LogP contribution in [0.4, 0.5) is 14.7 Å². The summed E-state index contributed by atoms with van der Waals surface area (Å²) >= 11 is 0. The molecule has 1 aliphatic carbocycles. The quantitative estimate of drug-likeness (QED) is 0.854. The number of hydrogen-bond donors (Lipinski definition) is 1. The number of aromatic nitrogens is 3. The minimum absolute atomic E-state index is 0.190. The summed E-state index contributed by atoms with van der Waals surface area (Å²) in [6, 6.07) is 0.933. The van der Waals surface area contributed by atoms with Crippen LogP contribution in [-0.2, 0) is 10.0 Å². The maximum Gasteiger partial charge on any atom is 0.241 e. The van der Waals surface area contributed by atoms with Gasteiger partial charge in [-0.1, -0.05) is 12.8 Å². The lowest BCUT2D eigenvalue weighted by molar-refractivity contribution is 0.186. The molecule has 2 aromatic rings. The van der Waals surface area contributed by atoms with E-state index in [2.05, 4.69) is 15.4 Å². The molecule has 3 heterocycles. The molecule has 7 nitrogen and oxygen atoms in total. The molecular formula is C17H23F2N5O2S. The molecule has 2 aliphatic rings. The van der Waals surface area contributed by atoms with Gasteiger partial charge in [0, 0.05) is 24.7 Å². The van der Waals surface area contributed by atoms with Gasteiger partial charge in [0.25, 0.3) is 0 Å². The maximum atomic E-state index is 14.5. The molecule has 2 aromatic heterocycles. The minimum atomic E-state index is -3.41. The van der Waals surface area contributed by atoms with Crippen LogP contribution in [0.5, 0.6) is 0 Å². The van der Waals surface area contributed by atoms with Crippen LogP contribution in [-0.4, -0.2) is 58.9 Å². The maximum absolute atomic E-state index is 14.5. The zero-order chi connectivity index (χ0) is 19.2. The average molecular weight is 399 g/mol. The first-order chi connectivity index (χ1) is 12.8. The summed E-state index contributed by atoms with van der Waals surface area (Å²) in [6.07, 6.45) is 5.69. The van der Waals surface area contributed by atoms with Crippen LogP contribution in [0.2, 0.25) is 0 Å². The molecule has 1 saturated carbocycles. The molecule has 10 heteroatoms. The van der Waals surface area contributed by atoms with Gasteiger partial charge in [-0.3, -0.25) is 0 Å². The summed E-state index contributed by atoms with van der Waals surface area (Å²) in [4.78, 5) is 4.12. The van der Waals surface area contributed by atoms with Gasteiger partial charge in [-0.2, -0.15) is 4.31 Å². The number of fused-ring (bicyclic) bond motifs is 1. The van der Waals surface area contributed by atoms with Crippen LogP contribution in [0.15, 0.2) is 12.3 Å². The van der Waals surface area contributed by atoms with E-state index in [1.165, 1.54) is 12.3 Å². The largest absolute Gasteiger partial charge is 0.347 e. The van der Waals surface area contributed by atoms with Crippen LogP contribution in [0.25, 0.3) is 5.52 Å². The zero-order valence-electron chi connectivity index (χ0n) is 15.1. The summed E-state index contributed by atoms with van der Waals surface area (Å²) in [5.74, 6) is 0.141. The van der Waals surface area contributed by atoms with Crippen molar-refractivity contribution in [2.75, 3.05) is 24.7 Å². The van der Waals surface area contributed by atoms with E-state index in [0.29, 0.717) is 11.9 Å². The van der Waals surface area contributed by atoms with Crippen molar-refractivity contribution in [1.29, 1.82) is 0 Å². The first-order valence-corrected chi connectivity index (χ1v) is 11.1. The highest BCUT2D eigenvalue weighted by Crippen LogP contribution is 2.35. The van der Waals surface area contributed by atoms with E-state index in [9.17, 15) is 17.2 Å². The highest BCUT2D eigenvalue weighted by molar-refractivity contribution is 7.88. The predicted octanol–water partition coefficient (Wildman–Crippen LogP) is 2.31. The number of sulfonamides is 1. The van der Waals surface area contributed by atoms with Crippen molar-refractivity contribution in [2.45, 2.75) is 50.2 Å². The monoisotopic (exact) mass is 399 g/mol. The van der Waals surface area contributed by atoms with E-state index in [1.54, 1.807) is 4.52 Å². The number of nitrogens with zero attached hydrogens (tertiary/aromatic N) is 4. The smallest absolute Gasteiger partial charge is 0.241 e. The third kappa shape index (κ3) is 3.64. The number of alkyl halides is 1. The van der Waals surface area contributed by atoms with E-state index >= 15 is 0 Å². The van der Waals surface area contributed by atoms with Gasteiger partial charge in [0.05, 0.1) is 18.5 Å². The topological polar surface area (TPSA) is 79.6 Å². The fourth-order valence-electron chi connectivity index (χ4n) is 4.06. The number of nitrogens with one attached hydrogen (secondary N) is 1. The van der Waals surface area contributed by atoms with Gasteiger partial charge in [0.1, 0.15) is 11.7 Å². The molecule has 4 rings (SSSR count). The first kappa shape index (κ1) is 18.5. The number of piperidine rings is 1. The SMILES string of the molecule is CS(=O)(=O)N1CC[C@@H](Nc2ncc3c(F)cc(C4CCCC4)n3n2)[C@H](F)C1. The van der Waals surface area contributed by atoms with Gasteiger partial charge >= 0.3 is 0 Å². The second kappa shape index (κ2) is 6.97. The van der Waals surface area contributed by atoms with Crippen LogP contribution in [0.3, 0.4) is 0 Å². The minimum Gasteiger partial charge on any atom is -0.347 e. The first-order valence-electron chi connectivity index (χ1n) is 9.23. The fourth-order valence-corrected chi connectivity index (χ4v) is 4.91. The molecule has 27 heavy (non-hydrogen) atoms. The summed E-state index contributed by atoms with van der Waals surface area (Å²) in [7, 11) is -3.41. The van der Waals surface area contributed by atoms with Gasteiger partial charge in [0.15, 0.2) is 5.82 Å².